The van der Waals surface area contributed by atoms with Crippen LogP contribution in [0, 0.1) is 10.1 Å². The first-order chi connectivity index (χ1) is 10.2. The van der Waals surface area contributed by atoms with E-state index in [4.69, 9.17) is 9.47 Å². The van der Waals surface area contributed by atoms with Crippen molar-refractivity contribution < 1.29 is 14.4 Å². The first kappa shape index (κ1) is 15.0. The monoisotopic (exact) mass is 287 g/mol. The topological polar surface area (TPSA) is 61.6 Å². The molecule has 0 aromatic heterocycles. The number of hydrogen-bond acceptors (Lipinski definition) is 4. The van der Waals surface area contributed by atoms with Gasteiger partial charge in [0.1, 0.15) is 18.5 Å². The zero-order chi connectivity index (χ0) is 15.1. The SMILES string of the molecule is CO[C@H](C[N+](=O)[O-])c1cccc(OCc2ccccc2)c1. The zero-order valence-electron chi connectivity index (χ0n) is 11.8. The fraction of sp³-hybridized carbons (Fsp3) is 0.250. The zero-order valence-corrected chi connectivity index (χ0v) is 11.8. The van der Waals surface area contributed by atoms with E-state index in [2.05, 4.69) is 0 Å². The summed E-state index contributed by atoms with van der Waals surface area (Å²) < 4.78 is 10.9. The highest BCUT2D eigenvalue weighted by atomic mass is 16.6. The molecule has 5 heteroatoms. The van der Waals surface area contributed by atoms with Crippen LogP contribution in [0.2, 0.25) is 0 Å². The number of ether oxygens (including phenoxy) is 2. The maximum Gasteiger partial charge on any atom is 0.233 e. The van der Waals surface area contributed by atoms with Crippen LogP contribution >= 0.6 is 0 Å². The molecular weight excluding hydrogens is 270 g/mol. The molecule has 21 heavy (non-hydrogen) atoms. The molecule has 0 spiro atoms. The average Bonchev–Trinajstić information content (AvgIpc) is 2.52. The first-order valence-corrected chi connectivity index (χ1v) is 6.60. The lowest BCUT2D eigenvalue weighted by Gasteiger charge is -2.13. The van der Waals surface area contributed by atoms with Gasteiger partial charge in [-0.3, -0.25) is 10.1 Å². The first-order valence-electron chi connectivity index (χ1n) is 6.60. The average molecular weight is 287 g/mol. The van der Waals surface area contributed by atoms with E-state index in [0.717, 1.165) is 11.1 Å². The summed E-state index contributed by atoms with van der Waals surface area (Å²) >= 11 is 0. The lowest BCUT2D eigenvalue weighted by atomic mass is 10.1. The van der Waals surface area contributed by atoms with Crippen molar-refractivity contribution in [3.8, 4) is 5.75 Å². The largest absolute Gasteiger partial charge is 0.489 e. The van der Waals surface area contributed by atoms with E-state index in [1.54, 1.807) is 12.1 Å². The van der Waals surface area contributed by atoms with Crippen LogP contribution in [0.3, 0.4) is 0 Å². The van der Waals surface area contributed by atoms with Gasteiger partial charge in [-0.15, -0.1) is 0 Å². The third-order valence-corrected chi connectivity index (χ3v) is 3.08. The smallest absolute Gasteiger partial charge is 0.233 e. The Bertz CT molecular complexity index is 586. The predicted octanol–water partition coefficient (Wildman–Crippen LogP) is 3.23. The molecule has 2 aromatic rings. The van der Waals surface area contributed by atoms with Gasteiger partial charge in [0.15, 0.2) is 0 Å². The second-order valence-corrected chi connectivity index (χ2v) is 4.59. The highest BCUT2D eigenvalue weighted by Crippen LogP contribution is 2.22. The molecule has 2 rings (SSSR count). The van der Waals surface area contributed by atoms with E-state index in [1.165, 1.54) is 7.11 Å². The molecule has 0 bridgehead atoms. The summed E-state index contributed by atoms with van der Waals surface area (Å²) in [6.45, 7) is 0.190. The Morgan fingerprint density at radius 1 is 1.14 bits per heavy atom. The van der Waals surface area contributed by atoms with E-state index in [9.17, 15) is 10.1 Å². The Hall–Kier alpha value is -2.40. The summed E-state index contributed by atoms with van der Waals surface area (Å²) in [6.07, 6.45) is -0.569. The van der Waals surface area contributed by atoms with E-state index in [1.807, 2.05) is 42.5 Å². The molecule has 0 saturated carbocycles. The van der Waals surface area contributed by atoms with E-state index < -0.39 is 6.10 Å². The summed E-state index contributed by atoms with van der Waals surface area (Å²) in [5, 5.41) is 10.6. The number of methoxy groups -OCH3 is 1. The van der Waals surface area contributed by atoms with Crippen LogP contribution in [0.4, 0.5) is 0 Å². The summed E-state index contributed by atoms with van der Waals surface area (Å²) in [4.78, 5) is 10.2. The summed E-state index contributed by atoms with van der Waals surface area (Å²) in [6, 6.07) is 17.0. The summed E-state index contributed by atoms with van der Waals surface area (Å²) in [7, 11) is 1.46. The van der Waals surface area contributed by atoms with Crippen LogP contribution in [-0.4, -0.2) is 18.6 Å². The van der Waals surface area contributed by atoms with Gasteiger partial charge in [0.2, 0.25) is 6.54 Å². The Morgan fingerprint density at radius 2 is 1.90 bits per heavy atom. The van der Waals surface area contributed by atoms with Crippen LogP contribution in [-0.2, 0) is 11.3 Å². The molecule has 0 radical (unpaired) electrons. The molecule has 110 valence electrons. The number of benzene rings is 2. The fourth-order valence-corrected chi connectivity index (χ4v) is 2.00. The van der Waals surface area contributed by atoms with Crippen LogP contribution in [0.25, 0.3) is 0 Å². The van der Waals surface area contributed by atoms with Gasteiger partial charge >= 0.3 is 0 Å². The fourth-order valence-electron chi connectivity index (χ4n) is 2.00. The third kappa shape index (κ3) is 4.57. The van der Waals surface area contributed by atoms with Crippen molar-refractivity contribution in [3.05, 3.63) is 75.8 Å². The van der Waals surface area contributed by atoms with Crippen molar-refractivity contribution in [1.29, 1.82) is 0 Å². The van der Waals surface area contributed by atoms with Crippen molar-refractivity contribution in [2.24, 2.45) is 0 Å². The van der Waals surface area contributed by atoms with Crippen molar-refractivity contribution in [3.63, 3.8) is 0 Å². The second-order valence-electron chi connectivity index (χ2n) is 4.59. The minimum atomic E-state index is -0.569. The van der Waals surface area contributed by atoms with Crippen LogP contribution in [0.1, 0.15) is 17.2 Å². The summed E-state index contributed by atoms with van der Waals surface area (Å²) in [5.41, 5.74) is 1.80. The van der Waals surface area contributed by atoms with Crippen molar-refractivity contribution in [1.82, 2.24) is 0 Å². The van der Waals surface area contributed by atoms with Gasteiger partial charge in [0, 0.05) is 12.0 Å². The normalized spacial score (nSPS) is 11.9. The molecule has 1 atom stereocenters. The molecule has 0 aliphatic carbocycles. The van der Waals surface area contributed by atoms with Gasteiger partial charge in [0.05, 0.1) is 0 Å². The van der Waals surface area contributed by atoms with Crippen molar-refractivity contribution in [2.75, 3.05) is 13.7 Å². The predicted molar refractivity (Wildman–Crippen MR) is 78.8 cm³/mol. The second kappa shape index (κ2) is 7.40. The maximum absolute atomic E-state index is 10.6. The molecular formula is C16H17NO4. The van der Waals surface area contributed by atoms with E-state index in [0.29, 0.717) is 12.4 Å². The van der Waals surface area contributed by atoms with Crippen LogP contribution < -0.4 is 4.74 Å². The molecule has 5 nitrogen and oxygen atoms in total. The Balaban J connectivity index is 2.04. The number of nitrogens with zero attached hydrogens (tertiary/aromatic N) is 1. The van der Waals surface area contributed by atoms with Crippen LogP contribution in [0.5, 0.6) is 5.75 Å². The van der Waals surface area contributed by atoms with Gasteiger partial charge < -0.3 is 9.47 Å². The molecule has 0 aliphatic rings. The molecule has 0 aliphatic heterocycles. The highest BCUT2D eigenvalue weighted by molar-refractivity contribution is 5.30. The van der Waals surface area contributed by atoms with Crippen LogP contribution in [0.15, 0.2) is 54.6 Å². The van der Waals surface area contributed by atoms with Gasteiger partial charge in [-0.1, -0.05) is 42.5 Å². The maximum atomic E-state index is 10.6. The highest BCUT2D eigenvalue weighted by Gasteiger charge is 2.17. The molecule has 0 heterocycles. The van der Waals surface area contributed by atoms with Crippen molar-refractivity contribution >= 4 is 0 Å². The quantitative estimate of drug-likeness (QED) is 0.579. The van der Waals surface area contributed by atoms with E-state index in [-0.39, 0.29) is 11.5 Å². The van der Waals surface area contributed by atoms with Gasteiger partial charge in [-0.05, 0) is 23.3 Å². The standard InChI is InChI=1S/C16H17NO4/c1-20-16(11-17(18)19)14-8-5-9-15(10-14)21-12-13-6-3-2-4-7-13/h2-10,16H,11-12H2,1H3/t16-/m1/s1. The Morgan fingerprint density at radius 3 is 2.57 bits per heavy atom. The number of rotatable bonds is 7. The summed E-state index contributed by atoms with van der Waals surface area (Å²) in [5.74, 6) is 0.668. The molecule has 0 saturated heterocycles. The minimum Gasteiger partial charge on any atom is -0.489 e. The van der Waals surface area contributed by atoms with Gasteiger partial charge in [-0.25, -0.2) is 0 Å². The molecule has 0 N–H and O–H groups in total. The Labute approximate surface area is 123 Å². The minimum absolute atomic E-state index is 0.265. The van der Waals surface area contributed by atoms with E-state index >= 15 is 0 Å². The van der Waals surface area contributed by atoms with Crippen molar-refractivity contribution in [2.45, 2.75) is 12.7 Å². The lowest BCUT2D eigenvalue weighted by Crippen LogP contribution is -2.14. The third-order valence-electron chi connectivity index (χ3n) is 3.08. The number of hydrogen-bond donors (Lipinski definition) is 0. The Kier molecular flexibility index (Phi) is 5.29. The lowest BCUT2D eigenvalue weighted by molar-refractivity contribution is -0.492. The molecule has 0 amide bonds. The molecule has 0 fully saturated rings. The number of nitro groups is 1. The molecule has 2 aromatic carbocycles. The molecule has 0 unspecified atom stereocenters. The van der Waals surface area contributed by atoms with Gasteiger partial charge in [-0.2, -0.15) is 0 Å². The van der Waals surface area contributed by atoms with Gasteiger partial charge in [0.25, 0.3) is 0 Å².